The van der Waals surface area contributed by atoms with Crippen molar-refractivity contribution in [3.63, 3.8) is 0 Å². The van der Waals surface area contributed by atoms with Crippen LogP contribution in [-0.2, 0) is 0 Å². The van der Waals surface area contributed by atoms with E-state index in [0.29, 0.717) is 16.7 Å². The molecule has 0 saturated heterocycles. The highest BCUT2D eigenvalue weighted by Crippen LogP contribution is 2.33. The molecule has 0 aliphatic carbocycles. The lowest BCUT2D eigenvalue weighted by molar-refractivity contribution is 0.256. The quantitative estimate of drug-likeness (QED) is 0.908. The van der Waals surface area contributed by atoms with Crippen LogP contribution in [-0.4, -0.2) is 11.0 Å². The van der Waals surface area contributed by atoms with Gasteiger partial charge in [0, 0.05) is 15.5 Å². The molecule has 0 aliphatic heterocycles. The standard InChI is InChI=1S/C13H14BrN3OS/c1-8(2)11-7-16-13(19-11)17(12(15)18)10-5-3-4-9(14)6-10/h3-8H,1-2H3,(H2,15,18). The minimum atomic E-state index is -0.539. The van der Waals surface area contributed by atoms with E-state index in [9.17, 15) is 4.79 Å². The summed E-state index contributed by atoms with van der Waals surface area (Å²) in [6.07, 6.45) is 1.79. The Morgan fingerprint density at radius 3 is 2.74 bits per heavy atom. The minimum absolute atomic E-state index is 0.378. The van der Waals surface area contributed by atoms with Crippen LogP contribution in [0.1, 0.15) is 24.6 Å². The number of nitrogens with zero attached hydrogens (tertiary/aromatic N) is 2. The molecule has 1 aromatic heterocycles. The van der Waals surface area contributed by atoms with Gasteiger partial charge in [-0.3, -0.25) is 0 Å². The number of aromatic nitrogens is 1. The number of nitrogens with two attached hydrogens (primary N) is 1. The smallest absolute Gasteiger partial charge is 0.325 e. The highest BCUT2D eigenvalue weighted by molar-refractivity contribution is 9.10. The van der Waals surface area contributed by atoms with Crippen LogP contribution in [0.4, 0.5) is 15.6 Å². The van der Waals surface area contributed by atoms with E-state index in [1.54, 1.807) is 6.20 Å². The highest BCUT2D eigenvalue weighted by Gasteiger charge is 2.19. The number of urea groups is 1. The van der Waals surface area contributed by atoms with E-state index in [-0.39, 0.29) is 0 Å². The molecule has 2 aromatic rings. The van der Waals surface area contributed by atoms with Gasteiger partial charge >= 0.3 is 6.03 Å². The Balaban J connectivity index is 2.42. The summed E-state index contributed by atoms with van der Waals surface area (Å²) >= 11 is 4.86. The number of benzene rings is 1. The van der Waals surface area contributed by atoms with Gasteiger partial charge in [0.15, 0.2) is 5.13 Å². The average Bonchev–Trinajstić information content (AvgIpc) is 2.78. The number of halogens is 1. The van der Waals surface area contributed by atoms with Crippen molar-refractivity contribution in [3.05, 3.63) is 39.8 Å². The van der Waals surface area contributed by atoms with Crippen molar-refractivity contribution in [2.45, 2.75) is 19.8 Å². The van der Waals surface area contributed by atoms with Crippen molar-refractivity contribution < 1.29 is 4.79 Å². The number of rotatable bonds is 3. The highest BCUT2D eigenvalue weighted by atomic mass is 79.9. The Labute approximate surface area is 124 Å². The zero-order valence-electron chi connectivity index (χ0n) is 10.6. The van der Waals surface area contributed by atoms with Crippen molar-refractivity contribution in [1.82, 2.24) is 4.98 Å². The van der Waals surface area contributed by atoms with E-state index in [0.717, 1.165) is 9.35 Å². The van der Waals surface area contributed by atoms with Gasteiger partial charge in [-0.2, -0.15) is 0 Å². The van der Waals surface area contributed by atoms with Crippen LogP contribution in [0.5, 0.6) is 0 Å². The third-order valence-electron chi connectivity index (χ3n) is 2.56. The number of thiazole rings is 1. The monoisotopic (exact) mass is 339 g/mol. The summed E-state index contributed by atoms with van der Waals surface area (Å²) in [5, 5.41) is 0.592. The van der Waals surface area contributed by atoms with Gasteiger partial charge in [-0.1, -0.05) is 35.8 Å². The van der Waals surface area contributed by atoms with Crippen molar-refractivity contribution in [2.75, 3.05) is 4.90 Å². The summed E-state index contributed by atoms with van der Waals surface area (Å²) in [5.41, 5.74) is 6.18. The Kier molecular flexibility index (Phi) is 4.21. The lowest BCUT2D eigenvalue weighted by Crippen LogP contribution is -2.31. The van der Waals surface area contributed by atoms with Gasteiger partial charge < -0.3 is 5.73 Å². The number of carbonyl (C=O) groups excluding carboxylic acids is 1. The molecule has 0 spiro atoms. The lowest BCUT2D eigenvalue weighted by Gasteiger charge is -2.17. The molecular weight excluding hydrogens is 326 g/mol. The lowest BCUT2D eigenvalue weighted by atomic mass is 10.2. The molecule has 0 bridgehead atoms. The van der Waals surface area contributed by atoms with Crippen LogP contribution in [0.3, 0.4) is 0 Å². The summed E-state index contributed by atoms with van der Waals surface area (Å²) in [6, 6.07) is 6.87. The van der Waals surface area contributed by atoms with Gasteiger partial charge in [-0.25, -0.2) is 14.7 Å². The zero-order chi connectivity index (χ0) is 14.0. The van der Waals surface area contributed by atoms with Gasteiger partial charge in [0.1, 0.15) is 0 Å². The van der Waals surface area contributed by atoms with Crippen LogP contribution in [0.25, 0.3) is 0 Å². The topological polar surface area (TPSA) is 59.2 Å². The molecule has 0 atom stereocenters. The summed E-state index contributed by atoms with van der Waals surface area (Å²) in [6.45, 7) is 4.18. The number of anilines is 2. The van der Waals surface area contributed by atoms with E-state index >= 15 is 0 Å². The molecule has 0 aliphatic rings. The summed E-state index contributed by atoms with van der Waals surface area (Å²) < 4.78 is 0.886. The Bertz CT molecular complexity index is 597. The fourth-order valence-electron chi connectivity index (χ4n) is 1.59. The second kappa shape index (κ2) is 5.71. The molecule has 1 heterocycles. The van der Waals surface area contributed by atoms with E-state index in [2.05, 4.69) is 34.8 Å². The normalized spacial score (nSPS) is 10.7. The Morgan fingerprint density at radius 2 is 2.21 bits per heavy atom. The number of amides is 2. The van der Waals surface area contributed by atoms with Crippen molar-refractivity contribution in [1.29, 1.82) is 0 Å². The molecule has 19 heavy (non-hydrogen) atoms. The van der Waals surface area contributed by atoms with Gasteiger partial charge in [-0.15, -0.1) is 11.3 Å². The van der Waals surface area contributed by atoms with Gasteiger partial charge in [0.2, 0.25) is 0 Å². The largest absolute Gasteiger partial charge is 0.351 e. The fraction of sp³-hybridized carbons (Fsp3) is 0.231. The maximum atomic E-state index is 11.7. The third-order valence-corrected chi connectivity index (χ3v) is 4.33. The molecule has 0 radical (unpaired) electrons. The maximum absolute atomic E-state index is 11.7. The fourth-order valence-corrected chi connectivity index (χ4v) is 2.93. The first-order chi connectivity index (χ1) is 8.99. The first-order valence-corrected chi connectivity index (χ1v) is 7.41. The zero-order valence-corrected chi connectivity index (χ0v) is 13.0. The Hall–Kier alpha value is -1.40. The van der Waals surface area contributed by atoms with Gasteiger partial charge in [0.25, 0.3) is 0 Å². The van der Waals surface area contributed by atoms with Crippen LogP contribution in [0, 0.1) is 0 Å². The van der Waals surface area contributed by atoms with Crippen LogP contribution in [0.2, 0.25) is 0 Å². The second-order valence-corrected chi connectivity index (χ2v) is 6.31. The summed E-state index contributed by atoms with van der Waals surface area (Å²) in [4.78, 5) is 18.5. The van der Waals surface area contributed by atoms with Gasteiger partial charge in [0.05, 0.1) is 5.69 Å². The number of carbonyl (C=O) groups is 1. The average molecular weight is 340 g/mol. The summed E-state index contributed by atoms with van der Waals surface area (Å²) in [5.74, 6) is 0.378. The van der Waals surface area contributed by atoms with Crippen LogP contribution in [0.15, 0.2) is 34.9 Å². The first kappa shape index (κ1) is 14.0. The summed E-state index contributed by atoms with van der Waals surface area (Å²) in [7, 11) is 0. The first-order valence-electron chi connectivity index (χ1n) is 5.80. The van der Waals surface area contributed by atoms with Crippen molar-refractivity contribution in [2.24, 2.45) is 5.73 Å². The number of primary amides is 1. The van der Waals surface area contributed by atoms with Crippen molar-refractivity contribution in [3.8, 4) is 0 Å². The molecule has 2 amide bonds. The van der Waals surface area contributed by atoms with Gasteiger partial charge in [-0.05, 0) is 24.1 Å². The molecule has 6 heteroatoms. The molecular formula is C13H14BrN3OS. The molecule has 0 saturated carbocycles. The number of hydrogen-bond acceptors (Lipinski definition) is 3. The third kappa shape index (κ3) is 3.13. The second-order valence-electron chi connectivity index (χ2n) is 4.35. The van der Waals surface area contributed by atoms with E-state index in [1.165, 1.54) is 16.2 Å². The molecule has 100 valence electrons. The molecule has 0 unspecified atom stereocenters. The number of hydrogen-bond donors (Lipinski definition) is 1. The minimum Gasteiger partial charge on any atom is -0.351 e. The predicted molar refractivity (Wildman–Crippen MR) is 82.1 cm³/mol. The maximum Gasteiger partial charge on any atom is 0.325 e. The van der Waals surface area contributed by atoms with Crippen LogP contribution >= 0.6 is 27.3 Å². The van der Waals surface area contributed by atoms with E-state index in [4.69, 9.17) is 5.73 Å². The predicted octanol–water partition coefficient (Wildman–Crippen LogP) is 4.25. The van der Waals surface area contributed by atoms with Crippen LogP contribution < -0.4 is 10.6 Å². The molecule has 0 fully saturated rings. The van der Waals surface area contributed by atoms with E-state index < -0.39 is 6.03 Å². The molecule has 4 nitrogen and oxygen atoms in total. The molecule has 1 aromatic carbocycles. The molecule has 2 rings (SSSR count). The van der Waals surface area contributed by atoms with E-state index in [1.807, 2.05) is 24.3 Å². The SMILES string of the molecule is CC(C)c1cnc(N(C(N)=O)c2cccc(Br)c2)s1. The molecule has 2 N–H and O–H groups in total. The Morgan fingerprint density at radius 1 is 1.47 bits per heavy atom. The van der Waals surface area contributed by atoms with Crippen molar-refractivity contribution >= 4 is 44.1 Å².